The van der Waals surface area contributed by atoms with Crippen LogP contribution < -0.4 is 20.9 Å². The van der Waals surface area contributed by atoms with Crippen molar-refractivity contribution < 1.29 is 18.3 Å². The first-order chi connectivity index (χ1) is 9.47. The summed E-state index contributed by atoms with van der Waals surface area (Å²) in [4.78, 5) is 0. The summed E-state index contributed by atoms with van der Waals surface area (Å²) in [5.74, 6) is 0.0668. The van der Waals surface area contributed by atoms with Gasteiger partial charge in [-0.25, -0.2) is 8.78 Å². The van der Waals surface area contributed by atoms with Crippen molar-refractivity contribution in [3.8, 4) is 11.5 Å². The van der Waals surface area contributed by atoms with E-state index in [1.165, 1.54) is 50.6 Å². The fourth-order valence-electron chi connectivity index (χ4n) is 1.37. The zero-order chi connectivity index (χ0) is 15.1. The Balaban J connectivity index is 0.000000200. The molecule has 4 nitrogen and oxygen atoms in total. The summed E-state index contributed by atoms with van der Waals surface area (Å²) in [7, 11) is 2.90. The van der Waals surface area contributed by atoms with Crippen LogP contribution in [0.5, 0.6) is 11.5 Å². The predicted molar refractivity (Wildman–Crippen MR) is 74.7 cm³/mol. The number of nitrogen functional groups attached to an aromatic ring is 2. The minimum Gasteiger partial charge on any atom is -0.494 e. The minimum absolute atomic E-state index is 0.342. The van der Waals surface area contributed by atoms with Gasteiger partial charge in [0, 0.05) is 12.1 Å². The number of nitrogens with two attached hydrogens (primary N) is 2. The number of anilines is 2. The van der Waals surface area contributed by atoms with Gasteiger partial charge in [-0.1, -0.05) is 0 Å². The molecule has 0 radical (unpaired) electrons. The van der Waals surface area contributed by atoms with Gasteiger partial charge in [-0.2, -0.15) is 0 Å². The fourth-order valence-corrected chi connectivity index (χ4v) is 1.37. The second-order valence-electron chi connectivity index (χ2n) is 3.77. The zero-order valence-electron chi connectivity index (χ0n) is 11.2. The number of halogens is 2. The third kappa shape index (κ3) is 4.31. The molecule has 2 rings (SSSR count). The predicted octanol–water partition coefficient (Wildman–Crippen LogP) is 2.83. The van der Waals surface area contributed by atoms with Crippen molar-refractivity contribution in [3.05, 3.63) is 48.0 Å². The van der Waals surface area contributed by atoms with Crippen LogP contribution in [0.2, 0.25) is 0 Å². The molecule has 2 aromatic carbocycles. The molecule has 20 heavy (non-hydrogen) atoms. The second-order valence-corrected chi connectivity index (χ2v) is 3.77. The minimum atomic E-state index is -0.342. The van der Waals surface area contributed by atoms with Gasteiger partial charge in [0.15, 0.2) is 0 Å². The molecule has 0 unspecified atom stereocenters. The van der Waals surface area contributed by atoms with Gasteiger partial charge in [0.25, 0.3) is 0 Å². The molecule has 108 valence electrons. The number of ether oxygens (including phenoxy) is 2. The molecule has 0 bridgehead atoms. The van der Waals surface area contributed by atoms with E-state index in [9.17, 15) is 8.78 Å². The highest BCUT2D eigenvalue weighted by Gasteiger charge is 1.99. The van der Waals surface area contributed by atoms with E-state index in [2.05, 4.69) is 0 Å². The van der Waals surface area contributed by atoms with Crippen LogP contribution in [0.25, 0.3) is 0 Å². The lowest BCUT2D eigenvalue weighted by Gasteiger charge is -2.01. The molecule has 0 aliphatic rings. The van der Waals surface area contributed by atoms with Crippen LogP contribution in [-0.4, -0.2) is 14.2 Å². The first-order valence-corrected chi connectivity index (χ1v) is 5.66. The number of benzene rings is 2. The fraction of sp³-hybridized carbons (Fsp3) is 0.143. The average Bonchev–Trinajstić information content (AvgIpc) is 2.44. The summed E-state index contributed by atoms with van der Waals surface area (Å²) in [6.45, 7) is 0. The van der Waals surface area contributed by atoms with Crippen LogP contribution in [0.3, 0.4) is 0 Å². The molecule has 0 aliphatic heterocycles. The molecular formula is C14H16F2N2O2. The first-order valence-electron chi connectivity index (χ1n) is 5.66. The Hall–Kier alpha value is -2.50. The van der Waals surface area contributed by atoms with Gasteiger partial charge in [-0.3, -0.25) is 0 Å². The van der Waals surface area contributed by atoms with Gasteiger partial charge in [0.05, 0.1) is 25.6 Å². The maximum Gasteiger partial charge on any atom is 0.144 e. The number of rotatable bonds is 2. The molecule has 0 fully saturated rings. The molecule has 0 saturated heterocycles. The lowest BCUT2D eigenvalue weighted by molar-refractivity contribution is 0.413. The van der Waals surface area contributed by atoms with Gasteiger partial charge in [-0.05, 0) is 24.3 Å². The van der Waals surface area contributed by atoms with Crippen LogP contribution >= 0.6 is 0 Å². The molecule has 0 aliphatic carbocycles. The largest absolute Gasteiger partial charge is 0.494 e. The van der Waals surface area contributed by atoms with E-state index < -0.39 is 0 Å². The van der Waals surface area contributed by atoms with Crippen LogP contribution in [0, 0.1) is 11.6 Å². The molecular weight excluding hydrogens is 266 g/mol. The van der Waals surface area contributed by atoms with Gasteiger partial charge in [-0.15, -0.1) is 0 Å². The summed E-state index contributed by atoms with van der Waals surface area (Å²) < 4.78 is 34.3. The summed E-state index contributed by atoms with van der Waals surface area (Å²) in [5, 5.41) is 0. The molecule has 4 N–H and O–H groups in total. The number of hydrogen-bond acceptors (Lipinski definition) is 4. The van der Waals surface area contributed by atoms with Crippen LogP contribution in [0.4, 0.5) is 20.2 Å². The Morgan fingerprint density at radius 3 is 1.35 bits per heavy atom. The standard InChI is InChI=1S/2C7H8FNO/c2*1-10-7-4-5(8)2-3-6(7)9/h2*2-4H,9H2,1H3. The molecule has 0 spiro atoms. The highest BCUT2D eigenvalue weighted by Crippen LogP contribution is 2.21. The SMILES string of the molecule is COc1cc(F)ccc1N.COc1cc(F)ccc1N. The van der Waals surface area contributed by atoms with Crippen molar-refractivity contribution in [2.24, 2.45) is 0 Å². The normalized spacial score (nSPS) is 9.40. The van der Waals surface area contributed by atoms with Crippen molar-refractivity contribution in [2.45, 2.75) is 0 Å². The van der Waals surface area contributed by atoms with Crippen LogP contribution in [0.1, 0.15) is 0 Å². The van der Waals surface area contributed by atoms with E-state index in [0.29, 0.717) is 22.9 Å². The van der Waals surface area contributed by atoms with Gasteiger partial charge < -0.3 is 20.9 Å². The van der Waals surface area contributed by atoms with E-state index in [4.69, 9.17) is 20.9 Å². The summed E-state index contributed by atoms with van der Waals surface area (Å²) in [5.41, 5.74) is 11.7. The number of methoxy groups -OCH3 is 2. The first kappa shape index (κ1) is 15.6. The van der Waals surface area contributed by atoms with E-state index in [0.717, 1.165) is 0 Å². The van der Waals surface area contributed by atoms with E-state index >= 15 is 0 Å². The van der Waals surface area contributed by atoms with E-state index in [1.807, 2.05) is 0 Å². The second kappa shape index (κ2) is 7.18. The highest BCUT2D eigenvalue weighted by atomic mass is 19.1. The van der Waals surface area contributed by atoms with Crippen molar-refractivity contribution in [1.29, 1.82) is 0 Å². The third-order valence-corrected chi connectivity index (χ3v) is 2.39. The number of hydrogen-bond donors (Lipinski definition) is 2. The monoisotopic (exact) mass is 282 g/mol. The smallest absolute Gasteiger partial charge is 0.144 e. The Labute approximate surface area is 115 Å². The van der Waals surface area contributed by atoms with E-state index in [-0.39, 0.29) is 11.6 Å². The topological polar surface area (TPSA) is 70.5 Å². The third-order valence-electron chi connectivity index (χ3n) is 2.39. The molecule has 0 saturated carbocycles. The van der Waals surface area contributed by atoms with Gasteiger partial charge in [0.1, 0.15) is 23.1 Å². The van der Waals surface area contributed by atoms with Crippen LogP contribution in [-0.2, 0) is 0 Å². The average molecular weight is 282 g/mol. The van der Waals surface area contributed by atoms with Gasteiger partial charge >= 0.3 is 0 Å². The van der Waals surface area contributed by atoms with Crippen molar-refractivity contribution in [1.82, 2.24) is 0 Å². The summed E-state index contributed by atoms with van der Waals surface area (Å²) >= 11 is 0. The van der Waals surface area contributed by atoms with Crippen molar-refractivity contribution >= 4 is 11.4 Å². The Morgan fingerprint density at radius 2 is 1.10 bits per heavy atom. The Bertz CT molecular complexity index is 526. The van der Waals surface area contributed by atoms with E-state index in [1.54, 1.807) is 0 Å². The Kier molecular flexibility index (Phi) is 5.58. The van der Waals surface area contributed by atoms with Crippen LogP contribution in [0.15, 0.2) is 36.4 Å². The highest BCUT2D eigenvalue weighted by molar-refractivity contribution is 5.52. The quantitative estimate of drug-likeness (QED) is 0.831. The van der Waals surface area contributed by atoms with Crippen molar-refractivity contribution in [3.63, 3.8) is 0 Å². The molecule has 0 heterocycles. The molecule has 6 heteroatoms. The molecule has 0 amide bonds. The lowest BCUT2D eigenvalue weighted by atomic mass is 10.3. The molecule has 0 aromatic heterocycles. The maximum atomic E-state index is 12.4. The Morgan fingerprint density at radius 1 is 0.750 bits per heavy atom. The molecule has 0 atom stereocenters. The zero-order valence-corrected chi connectivity index (χ0v) is 11.2. The van der Waals surface area contributed by atoms with Crippen molar-refractivity contribution in [2.75, 3.05) is 25.7 Å². The lowest BCUT2D eigenvalue weighted by Crippen LogP contribution is -1.92. The molecule has 2 aromatic rings. The summed E-state index contributed by atoms with van der Waals surface area (Å²) in [6, 6.07) is 8.00. The van der Waals surface area contributed by atoms with Gasteiger partial charge in [0.2, 0.25) is 0 Å². The maximum absolute atomic E-state index is 12.4. The summed E-state index contributed by atoms with van der Waals surface area (Å²) in [6.07, 6.45) is 0.